The predicted molar refractivity (Wildman–Crippen MR) is 93.4 cm³/mol. The zero-order valence-electron chi connectivity index (χ0n) is 12.7. The summed E-state index contributed by atoms with van der Waals surface area (Å²) in [4.78, 5) is 13.5. The summed E-state index contributed by atoms with van der Waals surface area (Å²) in [5.74, 6) is 0.0902. The number of fused-ring (bicyclic) bond motifs is 2. The number of pyridine rings is 1. The first-order valence-corrected chi connectivity index (χ1v) is 9.33. The molecule has 6 nitrogen and oxygen atoms in total. The topological polar surface area (TPSA) is 83.1 Å². The van der Waals surface area contributed by atoms with Gasteiger partial charge in [-0.2, -0.15) is 5.26 Å². The van der Waals surface area contributed by atoms with Crippen molar-refractivity contribution in [2.24, 2.45) is 0 Å². The molecular weight excluding hydrogens is 342 g/mol. The van der Waals surface area contributed by atoms with E-state index in [4.69, 9.17) is 0 Å². The van der Waals surface area contributed by atoms with Gasteiger partial charge < -0.3 is 5.32 Å². The Morgan fingerprint density at radius 2 is 2.33 bits per heavy atom. The number of carbonyl (C=O) groups is 1. The van der Waals surface area contributed by atoms with Crippen LogP contribution in [-0.2, 0) is 17.6 Å². The third kappa shape index (κ3) is 2.66. The molecule has 4 rings (SSSR count). The van der Waals surface area contributed by atoms with Gasteiger partial charge in [0, 0.05) is 11.1 Å². The Bertz CT molecular complexity index is 969. The molecule has 3 aromatic heterocycles. The van der Waals surface area contributed by atoms with Crippen LogP contribution in [0, 0.1) is 11.3 Å². The van der Waals surface area contributed by atoms with Crippen molar-refractivity contribution in [1.29, 1.82) is 5.26 Å². The summed E-state index contributed by atoms with van der Waals surface area (Å²) < 4.78 is 1.85. The largest absolute Gasteiger partial charge is 0.316 e. The third-order valence-corrected chi connectivity index (χ3v) is 6.05. The Morgan fingerprint density at radius 1 is 1.42 bits per heavy atom. The molecule has 0 fully saturated rings. The minimum Gasteiger partial charge on any atom is -0.316 e. The van der Waals surface area contributed by atoms with Gasteiger partial charge in [-0.3, -0.25) is 9.20 Å². The van der Waals surface area contributed by atoms with Crippen LogP contribution in [0.1, 0.15) is 22.4 Å². The van der Waals surface area contributed by atoms with Gasteiger partial charge >= 0.3 is 0 Å². The molecule has 3 aromatic rings. The average molecular weight is 355 g/mol. The minimum atomic E-state index is -0.135. The van der Waals surface area contributed by atoms with Crippen LogP contribution >= 0.6 is 23.1 Å². The highest BCUT2D eigenvalue weighted by atomic mass is 32.2. The Kier molecular flexibility index (Phi) is 3.96. The van der Waals surface area contributed by atoms with Crippen molar-refractivity contribution < 1.29 is 4.79 Å². The SMILES string of the molecule is N#Cc1c(NC(=O)CSc2nnc3ccccn23)sc2c1CCC2. The van der Waals surface area contributed by atoms with E-state index in [1.165, 1.54) is 28.0 Å². The molecule has 8 heteroatoms. The molecule has 24 heavy (non-hydrogen) atoms. The van der Waals surface area contributed by atoms with Gasteiger partial charge in [-0.05, 0) is 37.0 Å². The van der Waals surface area contributed by atoms with Crippen LogP contribution in [0.2, 0.25) is 0 Å². The molecule has 0 unspecified atom stereocenters. The number of thioether (sulfide) groups is 1. The van der Waals surface area contributed by atoms with Crippen LogP contribution in [-0.4, -0.2) is 26.3 Å². The standard InChI is InChI=1S/C16H13N5OS2/c17-8-11-10-4-3-5-12(10)24-15(11)18-14(22)9-23-16-20-19-13-6-1-2-7-21(13)16/h1-2,6-7H,3-5,9H2,(H,18,22). The molecule has 0 atom stereocenters. The van der Waals surface area contributed by atoms with Gasteiger partial charge in [-0.15, -0.1) is 21.5 Å². The fourth-order valence-electron chi connectivity index (χ4n) is 2.82. The molecule has 1 amide bonds. The monoisotopic (exact) mass is 355 g/mol. The lowest BCUT2D eigenvalue weighted by atomic mass is 10.1. The molecule has 1 aliphatic carbocycles. The van der Waals surface area contributed by atoms with Crippen LogP contribution in [0.25, 0.3) is 5.65 Å². The quantitative estimate of drug-likeness (QED) is 0.728. The van der Waals surface area contributed by atoms with E-state index in [0.29, 0.717) is 15.7 Å². The lowest BCUT2D eigenvalue weighted by Crippen LogP contribution is -2.14. The van der Waals surface area contributed by atoms with E-state index in [2.05, 4.69) is 21.6 Å². The second-order valence-electron chi connectivity index (χ2n) is 5.42. The predicted octanol–water partition coefficient (Wildman–Crippen LogP) is 2.88. The Labute approximate surface area is 146 Å². The maximum Gasteiger partial charge on any atom is 0.235 e. The second kappa shape index (κ2) is 6.26. The number of rotatable bonds is 4. The Balaban J connectivity index is 1.45. The van der Waals surface area contributed by atoms with Crippen molar-refractivity contribution in [3.63, 3.8) is 0 Å². The lowest BCUT2D eigenvalue weighted by Gasteiger charge is -2.03. The van der Waals surface area contributed by atoms with Crippen LogP contribution in [0.15, 0.2) is 29.6 Å². The first-order valence-electron chi connectivity index (χ1n) is 7.53. The van der Waals surface area contributed by atoms with E-state index < -0.39 is 0 Å². The second-order valence-corrected chi connectivity index (χ2v) is 7.47. The number of thiophene rings is 1. The number of hydrogen-bond donors (Lipinski definition) is 1. The van der Waals surface area contributed by atoms with Gasteiger partial charge in [-0.1, -0.05) is 17.8 Å². The average Bonchev–Trinajstić information content (AvgIpc) is 3.27. The Hall–Kier alpha value is -2.37. The molecule has 0 saturated heterocycles. The molecule has 0 spiro atoms. The molecule has 1 N–H and O–H groups in total. The fourth-order valence-corrected chi connectivity index (χ4v) is 4.80. The van der Waals surface area contributed by atoms with Crippen molar-refractivity contribution in [1.82, 2.24) is 14.6 Å². The molecule has 0 aromatic carbocycles. The highest BCUT2D eigenvalue weighted by molar-refractivity contribution is 7.99. The first-order chi connectivity index (χ1) is 11.8. The van der Waals surface area contributed by atoms with Gasteiger partial charge in [-0.25, -0.2) is 0 Å². The smallest absolute Gasteiger partial charge is 0.235 e. The number of nitrogens with one attached hydrogen (secondary N) is 1. The number of aryl methyl sites for hydroxylation is 1. The van der Waals surface area contributed by atoms with Gasteiger partial charge in [0.05, 0.1) is 11.3 Å². The van der Waals surface area contributed by atoms with Gasteiger partial charge in [0.1, 0.15) is 11.1 Å². The molecule has 0 aliphatic heterocycles. The normalized spacial score (nSPS) is 13.0. The van der Waals surface area contributed by atoms with Crippen molar-refractivity contribution in [3.05, 3.63) is 40.4 Å². The fraction of sp³-hybridized carbons (Fsp3) is 0.250. The molecule has 0 saturated carbocycles. The summed E-state index contributed by atoms with van der Waals surface area (Å²) in [6.45, 7) is 0. The Morgan fingerprint density at radius 3 is 3.21 bits per heavy atom. The molecule has 1 aliphatic rings. The highest BCUT2D eigenvalue weighted by Gasteiger charge is 2.23. The summed E-state index contributed by atoms with van der Waals surface area (Å²) in [7, 11) is 0. The van der Waals surface area contributed by atoms with Gasteiger partial charge in [0.15, 0.2) is 10.8 Å². The van der Waals surface area contributed by atoms with E-state index in [1.54, 1.807) is 0 Å². The van der Waals surface area contributed by atoms with Crippen molar-refractivity contribution in [2.45, 2.75) is 24.4 Å². The molecule has 120 valence electrons. The number of hydrogen-bond acceptors (Lipinski definition) is 6. The van der Waals surface area contributed by atoms with E-state index >= 15 is 0 Å². The van der Waals surface area contributed by atoms with Crippen LogP contribution in [0.5, 0.6) is 0 Å². The summed E-state index contributed by atoms with van der Waals surface area (Å²) in [5.41, 5.74) is 2.51. The lowest BCUT2D eigenvalue weighted by molar-refractivity contribution is -0.113. The molecular formula is C16H13N5OS2. The summed E-state index contributed by atoms with van der Waals surface area (Å²) in [6.07, 6.45) is 4.91. The van der Waals surface area contributed by atoms with Crippen molar-refractivity contribution in [3.8, 4) is 6.07 Å². The zero-order valence-corrected chi connectivity index (χ0v) is 14.3. The van der Waals surface area contributed by atoms with Crippen molar-refractivity contribution in [2.75, 3.05) is 11.1 Å². The maximum absolute atomic E-state index is 12.2. The number of carbonyl (C=O) groups excluding carboxylic acids is 1. The van der Waals surface area contributed by atoms with Crippen LogP contribution in [0.3, 0.4) is 0 Å². The number of anilines is 1. The van der Waals surface area contributed by atoms with Crippen LogP contribution in [0.4, 0.5) is 5.00 Å². The number of amides is 1. The summed E-state index contributed by atoms with van der Waals surface area (Å²) >= 11 is 2.86. The molecule has 3 heterocycles. The summed E-state index contributed by atoms with van der Waals surface area (Å²) in [6, 6.07) is 7.89. The van der Waals surface area contributed by atoms with E-state index in [0.717, 1.165) is 30.5 Å². The minimum absolute atomic E-state index is 0.135. The summed E-state index contributed by atoms with van der Waals surface area (Å²) in [5, 5.41) is 21.8. The van der Waals surface area contributed by atoms with Gasteiger partial charge in [0.25, 0.3) is 0 Å². The first kappa shape index (κ1) is 15.2. The third-order valence-electron chi connectivity index (χ3n) is 3.90. The van der Waals surface area contributed by atoms with Gasteiger partial charge in [0.2, 0.25) is 5.91 Å². The van der Waals surface area contributed by atoms with E-state index in [9.17, 15) is 10.1 Å². The zero-order chi connectivity index (χ0) is 16.5. The highest BCUT2D eigenvalue weighted by Crippen LogP contribution is 2.38. The number of nitrogens with zero attached hydrogens (tertiary/aromatic N) is 4. The van der Waals surface area contributed by atoms with E-state index in [1.807, 2.05) is 28.8 Å². The maximum atomic E-state index is 12.2. The number of aromatic nitrogens is 3. The molecule has 0 radical (unpaired) electrons. The molecule has 0 bridgehead atoms. The van der Waals surface area contributed by atoms with Crippen molar-refractivity contribution >= 4 is 39.7 Å². The van der Waals surface area contributed by atoms with E-state index in [-0.39, 0.29) is 11.7 Å². The number of nitriles is 1. The van der Waals surface area contributed by atoms with Crippen LogP contribution < -0.4 is 5.32 Å².